The zero-order valence-corrected chi connectivity index (χ0v) is 12.6. The number of aromatic nitrogens is 2. The van der Waals surface area contributed by atoms with Crippen LogP contribution in [0.1, 0.15) is 21.2 Å². The van der Waals surface area contributed by atoms with Gasteiger partial charge in [-0.25, -0.2) is 4.98 Å². The predicted octanol–water partition coefficient (Wildman–Crippen LogP) is 1.87. The number of methoxy groups -OCH3 is 1. The van der Waals surface area contributed by atoms with Crippen LogP contribution < -0.4 is 5.32 Å². The Hall–Kier alpha value is -1.66. The first-order valence-corrected chi connectivity index (χ1v) is 7.42. The third-order valence-corrected chi connectivity index (χ3v) is 3.90. The van der Waals surface area contributed by atoms with Crippen molar-refractivity contribution in [3.05, 3.63) is 40.1 Å². The molecule has 0 atom stereocenters. The number of aryl methyl sites for hydroxylation is 1. The van der Waals surface area contributed by atoms with Gasteiger partial charge >= 0.3 is 0 Å². The van der Waals surface area contributed by atoms with Crippen molar-refractivity contribution in [1.29, 1.82) is 0 Å². The molecule has 0 unspecified atom stereocenters. The molecule has 1 amide bonds. The van der Waals surface area contributed by atoms with Crippen molar-refractivity contribution in [2.24, 2.45) is 0 Å². The molecule has 1 N–H and O–H groups in total. The van der Waals surface area contributed by atoms with Crippen molar-refractivity contribution in [1.82, 2.24) is 14.9 Å². The first-order valence-electron chi connectivity index (χ1n) is 6.54. The molecule has 0 aliphatic carbocycles. The van der Waals surface area contributed by atoms with E-state index in [0.29, 0.717) is 19.6 Å². The van der Waals surface area contributed by atoms with Gasteiger partial charge in [0.05, 0.1) is 11.5 Å². The normalized spacial score (nSPS) is 10.7. The molecule has 0 fully saturated rings. The van der Waals surface area contributed by atoms with E-state index in [4.69, 9.17) is 4.74 Å². The van der Waals surface area contributed by atoms with Gasteiger partial charge in [0.2, 0.25) is 0 Å². The number of hydrogen-bond acceptors (Lipinski definition) is 4. The summed E-state index contributed by atoms with van der Waals surface area (Å²) in [5, 5.41) is 4.81. The van der Waals surface area contributed by atoms with Crippen LogP contribution in [0.4, 0.5) is 0 Å². The highest BCUT2D eigenvalue weighted by molar-refractivity contribution is 7.12. The molecule has 0 saturated heterocycles. The Kier molecular flexibility index (Phi) is 5.31. The second kappa shape index (κ2) is 7.21. The molecule has 0 aliphatic heterocycles. The highest BCUT2D eigenvalue weighted by atomic mass is 32.1. The number of carbonyl (C=O) groups excluding carboxylic acids is 1. The molecule has 0 aromatic carbocycles. The van der Waals surface area contributed by atoms with Crippen LogP contribution in [0.15, 0.2) is 23.7 Å². The lowest BCUT2D eigenvalue weighted by Crippen LogP contribution is -2.26. The van der Waals surface area contributed by atoms with E-state index in [1.165, 1.54) is 11.3 Å². The van der Waals surface area contributed by atoms with Crippen molar-refractivity contribution in [3.8, 4) is 0 Å². The zero-order chi connectivity index (χ0) is 14.4. The van der Waals surface area contributed by atoms with Crippen LogP contribution in [0.5, 0.6) is 0 Å². The van der Waals surface area contributed by atoms with Crippen LogP contribution in [-0.2, 0) is 17.7 Å². The molecule has 0 bridgehead atoms. The molecule has 5 nitrogen and oxygen atoms in total. The first-order chi connectivity index (χ1) is 9.72. The summed E-state index contributed by atoms with van der Waals surface area (Å²) in [7, 11) is 1.69. The highest BCUT2D eigenvalue weighted by Crippen LogP contribution is 2.08. The molecule has 20 heavy (non-hydrogen) atoms. The van der Waals surface area contributed by atoms with Crippen LogP contribution in [0, 0.1) is 6.92 Å². The van der Waals surface area contributed by atoms with Gasteiger partial charge in [-0.2, -0.15) is 0 Å². The Labute approximate surface area is 122 Å². The molecule has 2 heterocycles. The van der Waals surface area contributed by atoms with Gasteiger partial charge in [-0.05, 0) is 18.4 Å². The summed E-state index contributed by atoms with van der Waals surface area (Å²) >= 11 is 1.45. The van der Waals surface area contributed by atoms with E-state index in [9.17, 15) is 4.79 Å². The lowest BCUT2D eigenvalue weighted by atomic mass is 10.3. The summed E-state index contributed by atoms with van der Waals surface area (Å²) in [6.07, 6.45) is 2.57. The molecule has 0 saturated carbocycles. The quantitative estimate of drug-likeness (QED) is 0.848. The topological polar surface area (TPSA) is 56.1 Å². The van der Waals surface area contributed by atoms with E-state index < -0.39 is 0 Å². The second-order valence-electron chi connectivity index (χ2n) is 4.44. The number of amides is 1. The number of ether oxygens (including phenoxy) is 1. The van der Waals surface area contributed by atoms with Crippen molar-refractivity contribution in [3.63, 3.8) is 0 Å². The Balaban J connectivity index is 1.86. The third kappa shape index (κ3) is 3.68. The van der Waals surface area contributed by atoms with Crippen LogP contribution in [0.3, 0.4) is 0 Å². The fourth-order valence-corrected chi connectivity index (χ4v) is 2.62. The van der Waals surface area contributed by atoms with Gasteiger partial charge in [0.15, 0.2) is 0 Å². The number of hydrogen-bond donors (Lipinski definition) is 1. The van der Waals surface area contributed by atoms with Crippen molar-refractivity contribution < 1.29 is 9.53 Å². The Bertz CT molecular complexity index is 549. The summed E-state index contributed by atoms with van der Waals surface area (Å²) in [6, 6.07) is 3.70. The molecule has 0 spiro atoms. The van der Waals surface area contributed by atoms with Gasteiger partial charge in [-0.15, -0.1) is 11.3 Å². The molecule has 108 valence electrons. The number of thiophene rings is 1. The van der Waals surface area contributed by atoms with Gasteiger partial charge in [0, 0.05) is 38.5 Å². The van der Waals surface area contributed by atoms with Crippen LogP contribution in [-0.4, -0.2) is 35.7 Å². The van der Waals surface area contributed by atoms with Crippen molar-refractivity contribution in [2.75, 3.05) is 20.3 Å². The van der Waals surface area contributed by atoms with E-state index in [2.05, 4.69) is 14.9 Å². The molecule has 2 aromatic rings. The van der Waals surface area contributed by atoms with E-state index in [-0.39, 0.29) is 5.91 Å². The summed E-state index contributed by atoms with van der Waals surface area (Å²) in [5.74, 6) is 0.956. The van der Waals surface area contributed by atoms with Gasteiger partial charge in [-0.1, -0.05) is 6.07 Å². The monoisotopic (exact) mass is 293 g/mol. The smallest absolute Gasteiger partial charge is 0.261 e. The number of carbonyl (C=O) groups is 1. The Morgan fingerprint density at radius 2 is 2.40 bits per heavy atom. The largest absolute Gasteiger partial charge is 0.383 e. The predicted molar refractivity (Wildman–Crippen MR) is 79.2 cm³/mol. The molecule has 2 aromatic heterocycles. The van der Waals surface area contributed by atoms with Crippen molar-refractivity contribution in [2.45, 2.75) is 19.9 Å². The maximum absolute atomic E-state index is 11.8. The summed E-state index contributed by atoms with van der Waals surface area (Å²) in [4.78, 5) is 16.9. The molecule has 0 radical (unpaired) electrons. The fraction of sp³-hybridized carbons (Fsp3) is 0.429. The van der Waals surface area contributed by atoms with Gasteiger partial charge < -0.3 is 14.6 Å². The minimum atomic E-state index is -0.0216. The zero-order valence-electron chi connectivity index (χ0n) is 11.8. The average molecular weight is 293 g/mol. The van der Waals surface area contributed by atoms with Gasteiger partial charge in [-0.3, -0.25) is 4.79 Å². The number of nitrogens with one attached hydrogen (secondary N) is 1. The molecule has 2 rings (SSSR count). The van der Waals surface area contributed by atoms with E-state index >= 15 is 0 Å². The Morgan fingerprint density at radius 1 is 1.55 bits per heavy atom. The molecular formula is C14H19N3O2S. The minimum absolute atomic E-state index is 0.0216. The second-order valence-corrected chi connectivity index (χ2v) is 5.39. The maximum Gasteiger partial charge on any atom is 0.261 e. The van der Waals surface area contributed by atoms with E-state index in [1.54, 1.807) is 7.11 Å². The highest BCUT2D eigenvalue weighted by Gasteiger charge is 2.09. The van der Waals surface area contributed by atoms with Crippen LogP contribution in [0.2, 0.25) is 0 Å². The lowest BCUT2D eigenvalue weighted by Gasteiger charge is -2.09. The third-order valence-electron chi connectivity index (χ3n) is 3.04. The number of nitrogens with zero attached hydrogens (tertiary/aromatic N) is 2. The molecular weight excluding hydrogens is 274 g/mol. The minimum Gasteiger partial charge on any atom is -0.383 e. The van der Waals surface area contributed by atoms with E-state index in [1.807, 2.05) is 30.6 Å². The average Bonchev–Trinajstić information content (AvgIpc) is 3.07. The van der Waals surface area contributed by atoms with Crippen LogP contribution in [0.25, 0.3) is 0 Å². The lowest BCUT2D eigenvalue weighted by molar-refractivity contribution is 0.0958. The fourth-order valence-electron chi connectivity index (χ4n) is 1.98. The van der Waals surface area contributed by atoms with Gasteiger partial charge in [0.1, 0.15) is 5.82 Å². The van der Waals surface area contributed by atoms with E-state index in [0.717, 1.165) is 22.9 Å². The standard InChI is InChI=1S/C14H19N3O2S/c1-11-10-16-13(17(11)7-8-19-2)5-6-15-14(18)12-4-3-9-20-12/h3-4,9-10H,5-8H2,1-2H3,(H,15,18). The summed E-state index contributed by atoms with van der Waals surface area (Å²) < 4.78 is 7.23. The van der Waals surface area contributed by atoms with Crippen molar-refractivity contribution >= 4 is 17.2 Å². The van der Waals surface area contributed by atoms with Crippen LogP contribution >= 0.6 is 11.3 Å². The Morgan fingerprint density at radius 3 is 3.10 bits per heavy atom. The molecule has 0 aliphatic rings. The number of rotatable bonds is 7. The first kappa shape index (κ1) is 14.7. The summed E-state index contributed by atoms with van der Waals surface area (Å²) in [6.45, 7) is 4.05. The molecule has 6 heteroatoms. The maximum atomic E-state index is 11.8. The summed E-state index contributed by atoms with van der Waals surface area (Å²) in [5.41, 5.74) is 1.11. The number of imidazole rings is 1. The van der Waals surface area contributed by atoms with Gasteiger partial charge in [0.25, 0.3) is 5.91 Å². The SMILES string of the molecule is COCCn1c(C)cnc1CCNC(=O)c1cccs1.